The molecule has 0 spiro atoms. The Morgan fingerprint density at radius 1 is 1.39 bits per heavy atom. The quantitative estimate of drug-likeness (QED) is 0.641. The smallest absolute Gasteiger partial charge is 0.305 e. The number of piperazine rings is 1. The molecular weight excluding hydrogens is 232 g/mol. The minimum atomic E-state index is -0.909. The fourth-order valence-corrected chi connectivity index (χ4v) is 2.34. The number of hydrogen-bond donors (Lipinski definition) is 2. The molecule has 0 bridgehead atoms. The third-order valence-corrected chi connectivity index (χ3v) is 3.36. The van der Waals surface area contributed by atoms with Crippen LogP contribution in [0.4, 0.5) is 0 Å². The average Bonchev–Trinajstić information content (AvgIpc) is 2.32. The lowest BCUT2D eigenvalue weighted by molar-refractivity contribution is -0.143. The van der Waals surface area contributed by atoms with Gasteiger partial charge in [-0.2, -0.15) is 0 Å². The number of hydrogen-bond acceptors (Lipinski definition) is 3. The molecule has 2 N–H and O–H groups in total. The first kappa shape index (κ1) is 15.0. The van der Waals surface area contributed by atoms with Gasteiger partial charge in [0.25, 0.3) is 0 Å². The van der Waals surface area contributed by atoms with Crippen molar-refractivity contribution in [2.45, 2.75) is 51.5 Å². The van der Waals surface area contributed by atoms with Crippen LogP contribution in [-0.2, 0) is 9.59 Å². The molecule has 0 aromatic carbocycles. The van der Waals surface area contributed by atoms with Crippen molar-refractivity contribution in [2.75, 3.05) is 19.6 Å². The molecule has 1 aliphatic heterocycles. The van der Waals surface area contributed by atoms with Crippen LogP contribution in [-0.4, -0.2) is 47.6 Å². The van der Waals surface area contributed by atoms with Crippen LogP contribution in [0.5, 0.6) is 0 Å². The van der Waals surface area contributed by atoms with Gasteiger partial charge < -0.3 is 10.4 Å². The molecule has 0 aliphatic carbocycles. The molecule has 5 nitrogen and oxygen atoms in total. The number of carboxylic acid groups (broad SMARTS) is 1. The van der Waals surface area contributed by atoms with Crippen molar-refractivity contribution in [3.63, 3.8) is 0 Å². The lowest BCUT2D eigenvalue weighted by Crippen LogP contribution is -2.56. The molecule has 1 fully saturated rings. The van der Waals surface area contributed by atoms with Gasteiger partial charge in [0, 0.05) is 13.1 Å². The Hall–Kier alpha value is -1.10. The van der Waals surface area contributed by atoms with E-state index in [1.165, 1.54) is 19.3 Å². The van der Waals surface area contributed by atoms with Gasteiger partial charge in [-0.05, 0) is 13.0 Å². The van der Waals surface area contributed by atoms with Crippen molar-refractivity contribution in [3.05, 3.63) is 0 Å². The third kappa shape index (κ3) is 5.04. The molecule has 1 amide bonds. The highest BCUT2D eigenvalue weighted by molar-refractivity contribution is 5.86. The number of unbranched alkanes of at least 4 members (excludes halogenated alkanes) is 4. The minimum absolute atomic E-state index is 0.0964. The molecule has 0 radical (unpaired) electrons. The maximum Gasteiger partial charge on any atom is 0.305 e. The molecule has 0 aromatic rings. The summed E-state index contributed by atoms with van der Waals surface area (Å²) in [6.45, 7) is 4.40. The first-order chi connectivity index (χ1) is 8.65. The number of carboxylic acids is 1. The summed E-state index contributed by atoms with van der Waals surface area (Å²) in [7, 11) is 0. The van der Waals surface area contributed by atoms with Gasteiger partial charge in [0.1, 0.15) is 0 Å². The second-order valence-electron chi connectivity index (χ2n) is 4.85. The van der Waals surface area contributed by atoms with E-state index in [0.29, 0.717) is 6.54 Å². The zero-order valence-corrected chi connectivity index (χ0v) is 11.2. The highest BCUT2D eigenvalue weighted by Crippen LogP contribution is 2.11. The number of rotatable bonds is 8. The van der Waals surface area contributed by atoms with Crippen molar-refractivity contribution >= 4 is 11.9 Å². The second-order valence-corrected chi connectivity index (χ2v) is 4.85. The molecule has 18 heavy (non-hydrogen) atoms. The minimum Gasteiger partial charge on any atom is -0.481 e. The molecule has 1 unspecified atom stereocenters. The van der Waals surface area contributed by atoms with Gasteiger partial charge in [0.2, 0.25) is 5.91 Å². The van der Waals surface area contributed by atoms with Crippen LogP contribution in [0, 0.1) is 0 Å². The Kier molecular flexibility index (Phi) is 6.72. The van der Waals surface area contributed by atoms with Crippen molar-refractivity contribution in [1.29, 1.82) is 0 Å². The predicted octanol–water partition coefficient (Wildman–Crippen LogP) is 1.23. The number of aliphatic carboxylic acids is 1. The summed E-state index contributed by atoms with van der Waals surface area (Å²) in [5, 5.41) is 11.6. The van der Waals surface area contributed by atoms with Gasteiger partial charge in [0.15, 0.2) is 0 Å². The summed E-state index contributed by atoms with van der Waals surface area (Å²) in [4.78, 5) is 24.4. The Morgan fingerprint density at radius 2 is 2.11 bits per heavy atom. The van der Waals surface area contributed by atoms with Gasteiger partial charge in [-0.25, -0.2) is 0 Å². The number of carbonyl (C=O) groups is 2. The first-order valence-electron chi connectivity index (χ1n) is 6.88. The first-order valence-corrected chi connectivity index (χ1v) is 6.88. The Labute approximate surface area is 109 Å². The lowest BCUT2D eigenvalue weighted by Gasteiger charge is -2.34. The topological polar surface area (TPSA) is 69.6 Å². The van der Waals surface area contributed by atoms with Crippen LogP contribution >= 0.6 is 0 Å². The maximum atomic E-state index is 11.7. The van der Waals surface area contributed by atoms with Gasteiger partial charge in [0.05, 0.1) is 12.5 Å². The second kappa shape index (κ2) is 8.08. The summed E-state index contributed by atoms with van der Waals surface area (Å²) in [6.07, 6.45) is 5.79. The largest absolute Gasteiger partial charge is 0.481 e. The summed E-state index contributed by atoms with van der Waals surface area (Å²) in [6, 6.07) is -0.484. The molecule has 1 aliphatic rings. The van der Waals surface area contributed by atoms with Crippen LogP contribution in [0.2, 0.25) is 0 Å². The molecule has 1 heterocycles. The highest BCUT2D eigenvalue weighted by atomic mass is 16.4. The summed E-state index contributed by atoms with van der Waals surface area (Å²) in [5.41, 5.74) is 0. The van der Waals surface area contributed by atoms with E-state index in [0.717, 1.165) is 25.9 Å². The van der Waals surface area contributed by atoms with E-state index in [2.05, 4.69) is 12.2 Å². The maximum absolute atomic E-state index is 11.7. The Morgan fingerprint density at radius 3 is 2.78 bits per heavy atom. The van der Waals surface area contributed by atoms with E-state index in [4.69, 9.17) is 5.11 Å². The third-order valence-electron chi connectivity index (χ3n) is 3.36. The zero-order valence-electron chi connectivity index (χ0n) is 11.2. The van der Waals surface area contributed by atoms with Crippen LogP contribution in [0.3, 0.4) is 0 Å². The number of nitrogens with zero attached hydrogens (tertiary/aromatic N) is 1. The summed E-state index contributed by atoms with van der Waals surface area (Å²) < 4.78 is 0. The van der Waals surface area contributed by atoms with Crippen LogP contribution < -0.4 is 5.32 Å². The molecule has 5 heteroatoms. The van der Waals surface area contributed by atoms with Crippen LogP contribution in [0.1, 0.15) is 45.4 Å². The number of amides is 1. The zero-order chi connectivity index (χ0) is 13.4. The fraction of sp³-hybridized carbons (Fsp3) is 0.846. The number of nitrogens with one attached hydrogen (secondary N) is 1. The molecule has 1 atom stereocenters. The predicted molar refractivity (Wildman–Crippen MR) is 69.4 cm³/mol. The van der Waals surface area contributed by atoms with Gasteiger partial charge in [-0.3, -0.25) is 14.5 Å². The summed E-state index contributed by atoms with van der Waals surface area (Å²) >= 11 is 0. The lowest BCUT2D eigenvalue weighted by atomic mass is 10.1. The molecule has 1 rings (SSSR count). The van der Waals surface area contributed by atoms with Gasteiger partial charge in [-0.15, -0.1) is 0 Å². The van der Waals surface area contributed by atoms with Crippen LogP contribution in [0.25, 0.3) is 0 Å². The molecule has 1 saturated heterocycles. The monoisotopic (exact) mass is 256 g/mol. The van der Waals surface area contributed by atoms with Crippen molar-refractivity contribution in [3.8, 4) is 0 Å². The number of carbonyl (C=O) groups excluding carboxylic acids is 1. The van der Waals surface area contributed by atoms with E-state index in [1.807, 2.05) is 4.90 Å². The fourth-order valence-electron chi connectivity index (χ4n) is 2.34. The normalized spacial score (nSPS) is 20.7. The highest BCUT2D eigenvalue weighted by Gasteiger charge is 2.30. The van der Waals surface area contributed by atoms with Crippen molar-refractivity contribution in [2.24, 2.45) is 0 Å². The van der Waals surface area contributed by atoms with E-state index < -0.39 is 12.0 Å². The molecule has 0 aromatic heterocycles. The average molecular weight is 256 g/mol. The SMILES string of the molecule is CCCCCCCN1CCNC(=O)C1CC(=O)O. The van der Waals surface area contributed by atoms with E-state index in [9.17, 15) is 9.59 Å². The standard InChI is InChI=1S/C13H24N2O3/c1-2-3-4-5-6-8-15-9-7-14-13(18)11(15)10-12(16)17/h11H,2-10H2,1H3,(H,14,18)(H,16,17). The molecular formula is C13H24N2O3. The Bertz CT molecular complexity index is 281. The van der Waals surface area contributed by atoms with Crippen molar-refractivity contribution < 1.29 is 14.7 Å². The van der Waals surface area contributed by atoms with Gasteiger partial charge in [-0.1, -0.05) is 32.6 Å². The van der Waals surface area contributed by atoms with E-state index >= 15 is 0 Å². The molecule has 104 valence electrons. The Balaban J connectivity index is 2.35. The van der Waals surface area contributed by atoms with Crippen molar-refractivity contribution in [1.82, 2.24) is 10.2 Å². The van der Waals surface area contributed by atoms with E-state index in [1.54, 1.807) is 0 Å². The van der Waals surface area contributed by atoms with Gasteiger partial charge >= 0.3 is 5.97 Å². The summed E-state index contributed by atoms with van der Waals surface area (Å²) in [5.74, 6) is -1.05. The molecule has 0 saturated carbocycles. The van der Waals surface area contributed by atoms with Crippen LogP contribution in [0.15, 0.2) is 0 Å². The van der Waals surface area contributed by atoms with E-state index in [-0.39, 0.29) is 12.3 Å².